The minimum Gasteiger partial charge on any atom is -0.465 e. The molecule has 0 saturated heterocycles. The van der Waals surface area contributed by atoms with E-state index in [-0.39, 0.29) is 11.9 Å². The third-order valence-corrected chi connectivity index (χ3v) is 3.20. The number of carbonyl (C=O) groups is 1. The van der Waals surface area contributed by atoms with Gasteiger partial charge in [0.05, 0.1) is 6.61 Å². The first-order chi connectivity index (χ1) is 9.22. The zero-order chi connectivity index (χ0) is 13.7. The summed E-state index contributed by atoms with van der Waals surface area (Å²) in [5, 5.41) is 2.42. The number of esters is 1. The van der Waals surface area contributed by atoms with Gasteiger partial charge in [0.1, 0.15) is 0 Å². The summed E-state index contributed by atoms with van der Waals surface area (Å²) in [7, 11) is 0. The monoisotopic (exact) mass is 254 g/mol. The Hall–Kier alpha value is -2.09. The van der Waals surface area contributed by atoms with Crippen molar-refractivity contribution in [1.82, 2.24) is 0 Å². The molecule has 0 fully saturated rings. The molecule has 2 aromatic rings. The number of benzene rings is 2. The third kappa shape index (κ3) is 3.22. The lowest BCUT2D eigenvalue weighted by Gasteiger charge is -2.17. The van der Waals surface area contributed by atoms with Crippen LogP contribution in [0.15, 0.2) is 55.1 Å². The zero-order valence-corrected chi connectivity index (χ0v) is 11.1. The molecule has 0 spiro atoms. The summed E-state index contributed by atoms with van der Waals surface area (Å²) in [4.78, 5) is 11.0. The first-order valence-corrected chi connectivity index (χ1v) is 6.44. The van der Waals surface area contributed by atoms with Gasteiger partial charge in [0.15, 0.2) is 0 Å². The summed E-state index contributed by atoms with van der Waals surface area (Å²) in [5.41, 5.74) is 1.21. The third-order valence-electron chi connectivity index (χ3n) is 3.20. The van der Waals surface area contributed by atoms with E-state index < -0.39 is 0 Å². The smallest absolute Gasteiger partial charge is 0.302 e. The van der Waals surface area contributed by atoms with Crippen LogP contribution in [0.5, 0.6) is 0 Å². The molecule has 0 aliphatic rings. The summed E-state index contributed by atoms with van der Waals surface area (Å²) >= 11 is 0. The van der Waals surface area contributed by atoms with Crippen LogP contribution in [0.2, 0.25) is 0 Å². The fourth-order valence-corrected chi connectivity index (χ4v) is 2.31. The fraction of sp³-hybridized carbons (Fsp3) is 0.235. The summed E-state index contributed by atoms with van der Waals surface area (Å²) in [5.74, 6) is -0.0817. The van der Waals surface area contributed by atoms with E-state index in [9.17, 15) is 4.79 Å². The van der Waals surface area contributed by atoms with Crippen LogP contribution in [0.25, 0.3) is 10.8 Å². The highest BCUT2D eigenvalue weighted by Gasteiger charge is 2.14. The molecule has 0 amide bonds. The Labute approximate surface area is 113 Å². The SMILES string of the molecule is C=CCC(COC(C)=O)c1cccc2ccccc12. The van der Waals surface area contributed by atoms with Gasteiger partial charge in [-0.1, -0.05) is 48.5 Å². The Morgan fingerprint density at radius 1 is 1.26 bits per heavy atom. The Kier molecular flexibility index (Phi) is 4.35. The second kappa shape index (κ2) is 6.19. The molecular formula is C17H18O2. The molecule has 1 unspecified atom stereocenters. The summed E-state index contributed by atoms with van der Waals surface area (Å²) < 4.78 is 5.17. The number of carbonyl (C=O) groups excluding carboxylic acids is 1. The molecule has 0 saturated carbocycles. The quantitative estimate of drug-likeness (QED) is 0.594. The molecule has 0 aliphatic carbocycles. The van der Waals surface area contributed by atoms with Gasteiger partial charge >= 0.3 is 5.97 Å². The highest BCUT2D eigenvalue weighted by Crippen LogP contribution is 2.28. The van der Waals surface area contributed by atoms with E-state index in [0.29, 0.717) is 6.61 Å². The number of hydrogen-bond acceptors (Lipinski definition) is 2. The molecule has 0 aliphatic heterocycles. The maximum Gasteiger partial charge on any atom is 0.302 e. The van der Waals surface area contributed by atoms with Gasteiger partial charge in [0.2, 0.25) is 0 Å². The Morgan fingerprint density at radius 2 is 2.00 bits per heavy atom. The van der Waals surface area contributed by atoms with E-state index in [0.717, 1.165) is 6.42 Å². The molecule has 2 nitrogen and oxygen atoms in total. The van der Waals surface area contributed by atoms with Crippen LogP contribution in [-0.2, 0) is 9.53 Å². The molecule has 0 radical (unpaired) electrons. The van der Waals surface area contributed by atoms with Gasteiger partial charge in [-0.3, -0.25) is 4.79 Å². The molecule has 0 heterocycles. The van der Waals surface area contributed by atoms with E-state index in [2.05, 4.69) is 30.8 Å². The number of fused-ring (bicyclic) bond motifs is 1. The van der Waals surface area contributed by atoms with Gasteiger partial charge < -0.3 is 4.74 Å². The average molecular weight is 254 g/mol. The van der Waals surface area contributed by atoms with Crippen molar-refractivity contribution >= 4 is 16.7 Å². The Bertz CT molecular complexity index is 581. The number of ether oxygens (including phenoxy) is 1. The molecule has 1 atom stereocenters. The molecule has 2 aromatic carbocycles. The standard InChI is InChI=1S/C17H18O2/c1-3-7-15(12-19-13(2)18)17-11-6-9-14-8-4-5-10-16(14)17/h3-6,8-11,15H,1,7,12H2,2H3. The lowest BCUT2D eigenvalue weighted by Crippen LogP contribution is -2.10. The van der Waals surface area contributed by atoms with Crippen LogP contribution in [-0.4, -0.2) is 12.6 Å². The summed E-state index contributed by atoms with van der Waals surface area (Å²) in [6, 6.07) is 14.5. The van der Waals surface area contributed by atoms with Crippen molar-refractivity contribution in [3.8, 4) is 0 Å². The zero-order valence-electron chi connectivity index (χ0n) is 11.1. The molecule has 0 N–H and O–H groups in total. The minimum absolute atomic E-state index is 0.160. The van der Waals surface area contributed by atoms with Crippen LogP contribution in [0, 0.1) is 0 Å². The van der Waals surface area contributed by atoms with Crippen molar-refractivity contribution in [2.75, 3.05) is 6.61 Å². The van der Waals surface area contributed by atoms with Crippen LogP contribution < -0.4 is 0 Å². The van der Waals surface area contributed by atoms with Crippen LogP contribution in [0.4, 0.5) is 0 Å². The normalized spacial score (nSPS) is 12.1. The molecule has 2 heteroatoms. The van der Waals surface area contributed by atoms with Crippen molar-refractivity contribution in [3.05, 3.63) is 60.7 Å². The largest absolute Gasteiger partial charge is 0.465 e. The summed E-state index contributed by atoms with van der Waals surface area (Å²) in [6.45, 7) is 5.63. The van der Waals surface area contributed by atoms with E-state index in [1.165, 1.54) is 23.3 Å². The molecule has 98 valence electrons. The van der Waals surface area contributed by atoms with E-state index in [1.807, 2.05) is 24.3 Å². The Balaban J connectivity index is 2.37. The first-order valence-electron chi connectivity index (χ1n) is 6.44. The summed E-state index contributed by atoms with van der Waals surface area (Å²) in [6.07, 6.45) is 2.66. The van der Waals surface area contributed by atoms with Crippen LogP contribution >= 0.6 is 0 Å². The molecule has 0 bridgehead atoms. The molecular weight excluding hydrogens is 236 g/mol. The lowest BCUT2D eigenvalue weighted by atomic mass is 9.91. The van der Waals surface area contributed by atoms with Crippen molar-refractivity contribution in [3.63, 3.8) is 0 Å². The lowest BCUT2D eigenvalue weighted by molar-refractivity contribution is -0.141. The fourth-order valence-electron chi connectivity index (χ4n) is 2.31. The topological polar surface area (TPSA) is 26.3 Å². The average Bonchev–Trinajstić information content (AvgIpc) is 2.43. The van der Waals surface area contributed by atoms with Crippen LogP contribution in [0.1, 0.15) is 24.8 Å². The Morgan fingerprint density at radius 3 is 2.74 bits per heavy atom. The maximum atomic E-state index is 11.0. The number of allylic oxidation sites excluding steroid dienone is 1. The van der Waals surface area contributed by atoms with Gasteiger partial charge in [0, 0.05) is 12.8 Å². The van der Waals surface area contributed by atoms with Crippen molar-refractivity contribution in [2.24, 2.45) is 0 Å². The van der Waals surface area contributed by atoms with Crippen LogP contribution in [0.3, 0.4) is 0 Å². The van der Waals surface area contributed by atoms with Gasteiger partial charge in [0.25, 0.3) is 0 Å². The van der Waals surface area contributed by atoms with E-state index >= 15 is 0 Å². The van der Waals surface area contributed by atoms with Gasteiger partial charge in [-0.2, -0.15) is 0 Å². The minimum atomic E-state index is -0.241. The van der Waals surface area contributed by atoms with Crippen molar-refractivity contribution in [1.29, 1.82) is 0 Å². The highest BCUT2D eigenvalue weighted by atomic mass is 16.5. The second-order valence-electron chi connectivity index (χ2n) is 4.59. The van der Waals surface area contributed by atoms with E-state index in [1.54, 1.807) is 0 Å². The second-order valence-corrected chi connectivity index (χ2v) is 4.59. The predicted molar refractivity (Wildman–Crippen MR) is 78.1 cm³/mol. The van der Waals surface area contributed by atoms with E-state index in [4.69, 9.17) is 4.74 Å². The molecule has 2 rings (SSSR count). The maximum absolute atomic E-state index is 11.0. The van der Waals surface area contributed by atoms with Crippen molar-refractivity contribution in [2.45, 2.75) is 19.3 Å². The number of hydrogen-bond donors (Lipinski definition) is 0. The molecule has 19 heavy (non-hydrogen) atoms. The van der Waals surface area contributed by atoms with Gasteiger partial charge in [-0.25, -0.2) is 0 Å². The highest BCUT2D eigenvalue weighted by molar-refractivity contribution is 5.86. The van der Waals surface area contributed by atoms with Gasteiger partial charge in [-0.05, 0) is 22.8 Å². The van der Waals surface area contributed by atoms with Crippen molar-refractivity contribution < 1.29 is 9.53 Å². The predicted octanol–water partition coefficient (Wildman–Crippen LogP) is 4.06. The molecule has 0 aromatic heterocycles. The van der Waals surface area contributed by atoms with Gasteiger partial charge in [-0.15, -0.1) is 6.58 Å². The number of rotatable bonds is 5. The first kappa shape index (κ1) is 13.3.